The van der Waals surface area contributed by atoms with Crippen LogP contribution in [0.2, 0.25) is 0 Å². The molecule has 0 aliphatic heterocycles. The zero-order valence-corrected chi connectivity index (χ0v) is 15.5. The number of alkyl halides is 3. The summed E-state index contributed by atoms with van der Waals surface area (Å²) >= 11 is 0. The van der Waals surface area contributed by atoms with E-state index in [0.29, 0.717) is 22.6 Å². The summed E-state index contributed by atoms with van der Waals surface area (Å²) in [6, 6.07) is 9.37. The van der Waals surface area contributed by atoms with Crippen LogP contribution in [0.15, 0.2) is 48.5 Å². The Morgan fingerprint density at radius 1 is 1.10 bits per heavy atom. The van der Waals surface area contributed by atoms with E-state index < -0.39 is 23.6 Å². The molecule has 29 heavy (non-hydrogen) atoms. The molecule has 0 saturated carbocycles. The van der Waals surface area contributed by atoms with Crippen LogP contribution in [0.1, 0.15) is 16.7 Å². The highest BCUT2D eigenvalue weighted by Crippen LogP contribution is 2.29. The highest BCUT2D eigenvalue weighted by atomic mass is 19.4. The Kier molecular flexibility index (Phi) is 7.24. The number of carbonyl (C=O) groups excluding carboxylic acids is 2. The van der Waals surface area contributed by atoms with Gasteiger partial charge in [-0.25, -0.2) is 0 Å². The maximum Gasteiger partial charge on any atom is 0.416 e. The number of methoxy groups -OCH3 is 1. The second-order valence-corrected chi connectivity index (χ2v) is 5.91. The number of hydrogen-bond donors (Lipinski definition) is 2. The van der Waals surface area contributed by atoms with Gasteiger partial charge in [-0.2, -0.15) is 13.2 Å². The predicted octanol–water partition coefficient (Wildman–Crippen LogP) is 2.91. The Bertz CT molecular complexity index is 894. The summed E-state index contributed by atoms with van der Waals surface area (Å²) in [5.74, 6) is -0.354. The van der Waals surface area contributed by atoms with E-state index in [1.165, 1.54) is 31.4 Å². The van der Waals surface area contributed by atoms with Gasteiger partial charge in [0.15, 0.2) is 18.1 Å². The molecule has 0 saturated heterocycles. The molecule has 9 heteroatoms. The van der Waals surface area contributed by atoms with Crippen molar-refractivity contribution in [3.05, 3.63) is 65.2 Å². The van der Waals surface area contributed by atoms with Gasteiger partial charge in [-0.15, -0.1) is 0 Å². The van der Waals surface area contributed by atoms with E-state index in [1.54, 1.807) is 18.2 Å². The number of ether oxygens (including phenoxy) is 2. The van der Waals surface area contributed by atoms with Crippen molar-refractivity contribution in [2.24, 2.45) is 5.73 Å². The molecule has 0 aromatic heterocycles. The topological polar surface area (TPSA) is 90.7 Å². The normalized spacial score (nSPS) is 11.3. The maximum absolute atomic E-state index is 12.5. The monoisotopic (exact) mass is 408 g/mol. The second kappa shape index (κ2) is 9.63. The summed E-state index contributed by atoms with van der Waals surface area (Å²) in [7, 11) is 1.43. The summed E-state index contributed by atoms with van der Waals surface area (Å²) < 4.78 is 48.0. The van der Waals surface area contributed by atoms with E-state index in [4.69, 9.17) is 15.2 Å². The van der Waals surface area contributed by atoms with E-state index in [9.17, 15) is 22.8 Å². The lowest BCUT2D eigenvalue weighted by Gasteiger charge is -2.10. The zero-order chi connectivity index (χ0) is 21.4. The molecule has 0 aliphatic carbocycles. The average molecular weight is 408 g/mol. The van der Waals surface area contributed by atoms with E-state index in [1.807, 2.05) is 0 Å². The minimum Gasteiger partial charge on any atom is -0.493 e. The molecule has 2 rings (SSSR count). The minimum absolute atomic E-state index is 0.0878. The number of hydrogen-bond acceptors (Lipinski definition) is 4. The molecule has 154 valence electrons. The first-order valence-corrected chi connectivity index (χ1v) is 8.40. The van der Waals surface area contributed by atoms with Crippen LogP contribution in [0.5, 0.6) is 11.5 Å². The summed E-state index contributed by atoms with van der Waals surface area (Å²) in [5.41, 5.74) is 5.46. The third-order valence-corrected chi connectivity index (χ3v) is 3.73. The van der Waals surface area contributed by atoms with Crippen molar-refractivity contribution < 1.29 is 32.2 Å². The zero-order valence-electron chi connectivity index (χ0n) is 15.5. The van der Waals surface area contributed by atoms with E-state index in [2.05, 4.69) is 5.32 Å². The summed E-state index contributed by atoms with van der Waals surface area (Å²) in [6.07, 6.45) is -1.59. The maximum atomic E-state index is 12.5. The molecule has 0 radical (unpaired) electrons. The van der Waals surface area contributed by atoms with Gasteiger partial charge in [0.2, 0.25) is 5.91 Å². The number of rotatable bonds is 8. The Balaban J connectivity index is 1.93. The van der Waals surface area contributed by atoms with E-state index >= 15 is 0 Å². The number of halogens is 3. The van der Waals surface area contributed by atoms with Gasteiger partial charge in [-0.3, -0.25) is 9.59 Å². The fourth-order valence-corrected chi connectivity index (χ4v) is 2.29. The molecule has 0 unspecified atom stereocenters. The van der Waals surface area contributed by atoms with Gasteiger partial charge in [0.05, 0.1) is 12.7 Å². The molecule has 6 nitrogen and oxygen atoms in total. The lowest BCUT2D eigenvalue weighted by molar-refractivity contribution is -0.137. The third kappa shape index (κ3) is 6.87. The van der Waals surface area contributed by atoms with Crippen molar-refractivity contribution in [2.45, 2.75) is 12.7 Å². The molecule has 2 aromatic rings. The van der Waals surface area contributed by atoms with Crippen molar-refractivity contribution in [3.63, 3.8) is 0 Å². The Hall–Kier alpha value is -3.49. The minimum atomic E-state index is -4.40. The predicted molar refractivity (Wildman–Crippen MR) is 100 cm³/mol. The molecule has 3 N–H and O–H groups in total. The number of nitrogens with one attached hydrogen (secondary N) is 1. The number of carbonyl (C=O) groups is 2. The average Bonchev–Trinajstić information content (AvgIpc) is 2.68. The molecule has 0 fully saturated rings. The van der Waals surface area contributed by atoms with Crippen LogP contribution >= 0.6 is 0 Å². The van der Waals surface area contributed by atoms with Crippen LogP contribution in [0.4, 0.5) is 13.2 Å². The van der Waals surface area contributed by atoms with Gasteiger partial charge in [0, 0.05) is 12.6 Å². The fraction of sp³-hybridized carbons (Fsp3) is 0.200. The first kappa shape index (κ1) is 21.8. The van der Waals surface area contributed by atoms with Gasteiger partial charge in [0.1, 0.15) is 0 Å². The Labute approximate surface area is 165 Å². The molecule has 2 aromatic carbocycles. The van der Waals surface area contributed by atoms with Crippen LogP contribution in [0.3, 0.4) is 0 Å². The SMILES string of the molecule is COc1cc(/C=C/C(=O)NCc2ccc(C(F)(F)F)cc2)ccc1OCC(N)=O. The summed E-state index contributed by atoms with van der Waals surface area (Å²) in [4.78, 5) is 22.7. The summed E-state index contributed by atoms with van der Waals surface area (Å²) in [5, 5.41) is 2.59. The van der Waals surface area contributed by atoms with E-state index in [-0.39, 0.29) is 13.2 Å². The summed E-state index contributed by atoms with van der Waals surface area (Å²) in [6.45, 7) is -0.206. The second-order valence-electron chi connectivity index (χ2n) is 5.91. The lowest BCUT2D eigenvalue weighted by Crippen LogP contribution is -2.20. The van der Waals surface area contributed by atoms with Crippen molar-refractivity contribution >= 4 is 17.9 Å². The first-order valence-electron chi connectivity index (χ1n) is 8.40. The standard InChI is InChI=1S/C20H19F3N2O4/c1-28-17-10-13(4-8-16(17)29-12-18(24)26)5-9-19(27)25-11-14-2-6-15(7-3-14)20(21,22)23/h2-10H,11-12H2,1H3,(H2,24,26)(H,25,27)/b9-5+. The smallest absolute Gasteiger partial charge is 0.416 e. The number of amides is 2. The van der Waals surface area contributed by atoms with Gasteiger partial charge < -0.3 is 20.5 Å². The fourth-order valence-electron chi connectivity index (χ4n) is 2.29. The number of primary amides is 1. The molecular formula is C20H19F3N2O4. The highest BCUT2D eigenvalue weighted by molar-refractivity contribution is 5.91. The van der Waals surface area contributed by atoms with Gasteiger partial charge >= 0.3 is 6.18 Å². The molecule has 0 spiro atoms. The Morgan fingerprint density at radius 2 is 1.79 bits per heavy atom. The van der Waals surface area contributed by atoms with Gasteiger partial charge in [0.25, 0.3) is 5.91 Å². The lowest BCUT2D eigenvalue weighted by atomic mass is 10.1. The largest absolute Gasteiger partial charge is 0.493 e. The molecular weight excluding hydrogens is 389 g/mol. The van der Waals surface area contributed by atoms with Crippen LogP contribution in [-0.2, 0) is 22.3 Å². The van der Waals surface area contributed by atoms with Crippen molar-refractivity contribution in [1.29, 1.82) is 0 Å². The van der Waals surface area contributed by atoms with Crippen molar-refractivity contribution in [2.75, 3.05) is 13.7 Å². The van der Waals surface area contributed by atoms with Crippen LogP contribution in [0.25, 0.3) is 6.08 Å². The van der Waals surface area contributed by atoms with Crippen LogP contribution < -0.4 is 20.5 Å². The Morgan fingerprint density at radius 3 is 2.38 bits per heavy atom. The third-order valence-electron chi connectivity index (χ3n) is 3.73. The molecule has 0 aliphatic rings. The molecule has 2 amide bonds. The quantitative estimate of drug-likeness (QED) is 0.657. The van der Waals surface area contributed by atoms with Crippen LogP contribution in [0, 0.1) is 0 Å². The number of benzene rings is 2. The van der Waals surface area contributed by atoms with E-state index in [0.717, 1.165) is 12.1 Å². The molecule has 0 heterocycles. The van der Waals surface area contributed by atoms with Crippen LogP contribution in [-0.4, -0.2) is 25.5 Å². The van der Waals surface area contributed by atoms with Crippen molar-refractivity contribution in [3.8, 4) is 11.5 Å². The number of nitrogens with two attached hydrogens (primary N) is 1. The van der Waals surface area contributed by atoms with Gasteiger partial charge in [-0.1, -0.05) is 18.2 Å². The molecule has 0 atom stereocenters. The van der Waals surface area contributed by atoms with Gasteiger partial charge in [-0.05, 0) is 41.5 Å². The molecule has 0 bridgehead atoms. The highest BCUT2D eigenvalue weighted by Gasteiger charge is 2.29. The first-order chi connectivity index (χ1) is 13.7. The van der Waals surface area contributed by atoms with Crippen molar-refractivity contribution in [1.82, 2.24) is 5.32 Å².